The second-order valence-corrected chi connectivity index (χ2v) is 17.3. The number of aliphatic hydroxyl groups is 2. The summed E-state index contributed by atoms with van der Waals surface area (Å²) in [6.07, 6.45) is 9.89. The van der Waals surface area contributed by atoms with Crippen molar-refractivity contribution in [1.29, 1.82) is 0 Å². The normalized spacial score (nSPS) is 25.1. The zero-order valence-electron chi connectivity index (χ0n) is 36.9. The van der Waals surface area contributed by atoms with Crippen LogP contribution in [0, 0.1) is 27.9 Å². The highest BCUT2D eigenvalue weighted by Crippen LogP contribution is 2.62. The van der Waals surface area contributed by atoms with Crippen molar-refractivity contribution in [2.24, 2.45) is 22.9 Å². The van der Waals surface area contributed by atoms with Crippen LogP contribution in [0.2, 0.25) is 0 Å². The first-order chi connectivity index (χ1) is 31.8. The van der Waals surface area contributed by atoms with Gasteiger partial charge in [0.2, 0.25) is 12.1 Å². The Morgan fingerprint density at radius 1 is 0.985 bits per heavy atom. The third-order valence-electron chi connectivity index (χ3n) is 13.3. The number of carbonyl (C=O) groups is 1. The van der Waals surface area contributed by atoms with Gasteiger partial charge < -0.3 is 38.7 Å². The third-order valence-corrected chi connectivity index (χ3v) is 13.3. The first-order valence-electron chi connectivity index (χ1n) is 22.9. The number of allylic oxidation sites excluding steroid dienone is 1. The number of nitro groups is 1. The van der Waals surface area contributed by atoms with E-state index in [9.17, 15) is 25.1 Å². The average Bonchev–Trinajstić information content (AvgIpc) is 3.33. The minimum atomic E-state index is -1.52. The van der Waals surface area contributed by atoms with Crippen molar-refractivity contribution in [3.63, 3.8) is 0 Å². The summed E-state index contributed by atoms with van der Waals surface area (Å²) in [5.41, 5.74) is 3.18. The highest BCUT2D eigenvalue weighted by Gasteiger charge is 2.65. The average molecular weight is 890 g/mol. The number of hydrogen-bond donors (Lipinski definition) is 2. The van der Waals surface area contributed by atoms with E-state index in [2.05, 4.69) is 12.7 Å². The molecule has 0 bridgehead atoms. The maximum atomic E-state index is 14.5. The SMILES string of the molecule is C=CCO[C@@]12Oc3ccc(Oc4cccc([N+](=O)[O-])c4)cc3[C@H]3[C@H](CCCCO)[C@@H](CCCCO)C=C(C(=NOC4CCCCO4)C[C@@H]1N(Cc1cccc4ccccc14)C(=O)OC)[C@H]32. The van der Waals surface area contributed by atoms with Crippen LogP contribution in [0.15, 0.2) is 114 Å². The number of carbonyl (C=O) groups excluding carboxylic acids is 1. The highest BCUT2D eigenvalue weighted by atomic mass is 16.8. The van der Waals surface area contributed by atoms with Gasteiger partial charge in [-0.15, -0.1) is 6.58 Å². The van der Waals surface area contributed by atoms with Crippen LogP contribution in [0.4, 0.5) is 10.5 Å². The molecule has 1 saturated carbocycles. The number of hydrogen-bond acceptors (Lipinski definition) is 12. The van der Waals surface area contributed by atoms with Crippen LogP contribution in [0.3, 0.4) is 0 Å². The number of ether oxygens (including phenoxy) is 5. The Hall–Kier alpha value is -5.80. The van der Waals surface area contributed by atoms with Crippen LogP contribution in [0.25, 0.3) is 10.8 Å². The molecule has 2 aliphatic carbocycles. The predicted molar refractivity (Wildman–Crippen MR) is 245 cm³/mol. The topological polar surface area (TPSA) is 172 Å². The molecular weight excluding hydrogens is 831 g/mol. The van der Waals surface area contributed by atoms with Gasteiger partial charge in [-0.05, 0) is 96.5 Å². The summed E-state index contributed by atoms with van der Waals surface area (Å²) in [5.74, 6) is -1.16. The molecule has 2 fully saturated rings. The summed E-state index contributed by atoms with van der Waals surface area (Å²) in [4.78, 5) is 33.8. The number of fused-ring (bicyclic) bond motifs is 3. The lowest BCUT2D eigenvalue weighted by Gasteiger charge is -2.59. The van der Waals surface area contributed by atoms with Gasteiger partial charge in [-0.1, -0.05) is 78.7 Å². The molecule has 4 aromatic rings. The number of oxime groups is 1. The molecule has 65 heavy (non-hydrogen) atoms. The first-order valence-corrected chi connectivity index (χ1v) is 22.9. The molecule has 8 rings (SSSR count). The van der Waals surface area contributed by atoms with Gasteiger partial charge in [0.15, 0.2) is 0 Å². The summed E-state index contributed by atoms with van der Waals surface area (Å²) < 4.78 is 32.5. The van der Waals surface area contributed by atoms with Gasteiger partial charge >= 0.3 is 6.09 Å². The second-order valence-electron chi connectivity index (χ2n) is 17.3. The number of methoxy groups -OCH3 is 1. The van der Waals surface area contributed by atoms with Gasteiger partial charge in [-0.2, -0.15) is 0 Å². The van der Waals surface area contributed by atoms with Gasteiger partial charge in [0, 0.05) is 43.6 Å². The molecule has 344 valence electrons. The molecular formula is C51H59N3O11. The van der Waals surface area contributed by atoms with Gasteiger partial charge in [-0.3, -0.25) is 15.0 Å². The molecule has 4 aromatic carbocycles. The number of amides is 1. The molecule has 0 radical (unpaired) electrons. The molecule has 4 aliphatic rings. The maximum Gasteiger partial charge on any atom is 0.410 e. The number of unbranched alkanes of at least 4 members (excludes halogenated alkanes) is 2. The molecule has 0 spiro atoms. The summed E-state index contributed by atoms with van der Waals surface area (Å²) >= 11 is 0. The lowest BCUT2D eigenvalue weighted by molar-refractivity contribution is -0.384. The molecule has 14 nitrogen and oxygen atoms in total. The van der Waals surface area contributed by atoms with Crippen LogP contribution in [0.1, 0.15) is 81.3 Å². The first kappa shape index (κ1) is 45.8. The van der Waals surface area contributed by atoms with Gasteiger partial charge in [0.1, 0.15) is 23.3 Å². The number of benzene rings is 4. The smallest absolute Gasteiger partial charge is 0.410 e. The van der Waals surface area contributed by atoms with E-state index in [4.69, 9.17) is 33.7 Å². The van der Waals surface area contributed by atoms with E-state index in [0.717, 1.165) is 66.0 Å². The second kappa shape index (κ2) is 21.0. The van der Waals surface area contributed by atoms with E-state index in [0.29, 0.717) is 48.8 Å². The minimum Gasteiger partial charge on any atom is -0.459 e. The molecule has 1 saturated heterocycles. The van der Waals surface area contributed by atoms with E-state index in [1.54, 1.807) is 29.2 Å². The Kier molecular flexibility index (Phi) is 14.8. The van der Waals surface area contributed by atoms with E-state index < -0.39 is 35.1 Å². The largest absolute Gasteiger partial charge is 0.459 e. The lowest BCUT2D eigenvalue weighted by atomic mass is 9.55. The summed E-state index contributed by atoms with van der Waals surface area (Å²) in [5, 5.41) is 38.7. The molecule has 0 aromatic heterocycles. The number of rotatable bonds is 19. The zero-order valence-corrected chi connectivity index (χ0v) is 36.9. The monoisotopic (exact) mass is 889 g/mol. The van der Waals surface area contributed by atoms with Crippen LogP contribution in [-0.2, 0) is 25.6 Å². The Labute approximate surface area is 379 Å². The van der Waals surface area contributed by atoms with E-state index >= 15 is 0 Å². The van der Waals surface area contributed by atoms with Crippen LogP contribution >= 0.6 is 0 Å². The number of aliphatic hydroxyl groups excluding tert-OH is 2. The number of non-ortho nitro benzene ring substituents is 1. The Balaban J connectivity index is 1.34. The van der Waals surface area contributed by atoms with Gasteiger partial charge in [-0.25, -0.2) is 4.79 Å². The van der Waals surface area contributed by atoms with Crippen molar-refractivity contribution in [2.75, 3.05) is 33.5 Å². The summed E-state index contributed by atoms with van der Waals surface area (Å²) in [7, 11) is 1.37. The van der Waals surface area contributed by atoms with Crippen molar-refractivity contribution in [1.82, 2.24) is 4.90 Å². The molecule has 7 atom stereocenters. The lowest BCUT2D eigenvalue weighted by Crippen LogP contribution is -2.70. The fraction of sp³-hybridized carbons (Fsp3) is 0.451. The van der Waals surface area contributed by atoms with Crippen LogP contribution in [-0.4, -0.2) is 83.5 Å². The molecule has 2 heterocycles. The van der Waals surface area contributed by atoms with E-state index in [-0.39, 0.29) is 56.2 Å². The Morgan fingerprint density at radius 3 is 2.54 bits per heavy atom. The fourth-order valence-electron chi connectivity index (χ4n) is 10.5. The summed E-state index contributed by atoms with van der Waals surface area (Å²) in [6, 6.07) is 24.9. The van der Waals surface area contributed by atoms with E-state index in [1.807, 2.05) is 54.6 Å². The molecule has 14 heteroatoms. The van der Waals surface area contributed by atoms with Crippen LogP contribution in [0.5, 0.6) is 17.2 Å². The number of nitrogens with zero attached hydrogens (tertiary/aromatic N) is 3. The number of nitro benzene ring substituents is 1. The molecule has 1 unspecified atom stereocenters. The molecule has 2 aliphatic heterocycles. The van der Waals surface area contributed by atoms with Crippen molar-refractivity contribution < 1.29 is 48.5 Å². The van der Waals surface area contributed by atoms with Crippen molar-refractivity contribution in [3.05, 3.63) is 130 Å². The Bertz CT molecular complexity index is 2370. The van der Waals surface area contributed by atoms with Crippen molar-refractivity contribution in [3.8, 4) is 17.2 Å². The molecule has 2 N–H and O–H groups in total. The quantitative estimate of drug-likeness (QED) is 0.0397. The predicted octanol–water partition coefficient (Wildman–Crippen LogP) is 9.97. The highest BCUT2D eigenvalue weighted by molar-refractivity contribution is 6.03. The van der Waals surface area contributed by atoms with Crippen molar-refractivity contribution >= 4 is 28.3 Å². The molecule has 1 amide bonds. The standard InChI is InChI=1S/C51H59N3O11/c1-3-27-62-51-46(53(50(57)60-2)33-36-17-12-16-34-14-4-5-20-40(34)36)32-44(52-65-47-22-8-11-28-61-47)42-29-35(15-6-9-25-55)41(21-7-10-26-56)48(49(42)51)43-31-39(23-24-45(43)64-51)63-38-19-13-18-37(30-38)54(58)59/h3-5,12-14,16-20,23-24,29-31,35,41,46-49,55-56H,1,6-11,15,21-22,25-28,32-33H2,2H3/t35-,41+,46-,47?,48+,49+,51+/m0/s1. The maximum absolute atomic E-state index is 14.5. The van der Waals surface area contributed by atoms with Gasteiger partial charge in [0.05, 0.1) is 49.5 Å². The van der Waals surface area contributed by atoms with Crippen molar-refractivity contribution in [2.45, 2.75) is 94.8 Å². The van der Waals surface area contributed by atoms with Gasteiger partial charge in [0.25, 0.3) is 5.69 Å². The fourth-order valence-corrected chi connectivity index (χ4v) is 10.5. The zero-order chi connectivity index (χ0) is 45.3. The Morgan fingerprint density at radius 2 is 1.77 bits per heavy atom. The summed E-state index contributed by atoms with van der Waals surface area (Å²) in [6.45, 7) is 4.98. The van der Waals surface area contributed by atoms with E-state index in [1.165, 1.54) is 19.2 Å². The third kappa shape index (κ3) is 9.77. The minimum absolute atomic E-state index is 0.000897. The van der Waals surface area contributed by atoms with Crippen LogP contribution < -0.4 is 9.47 Å².